The van der Waals surface area contributed by atoms with Crippen LogP contribution in [0.5, 0.6) is 0 Å². The molecule has 0 aliphatic heterocycles. The van der Waals surface area contributed by atoms with E-state index in [1.807, 2.05) is 43.3 Å². The van der Waals surface area contributed by atoms with Crippen molar-refractivity contribution in [2.24, 2.45) is 0 Å². The second kappa shape index (κ2) is 3.56. The summed E-state index contributed by atoms with van der Waals surface area (Å²) >= 11 is 0. The lowest BCUT2D eigenvalue weighted by atomic mass is 9.92. The van der Waals surface area contributed by atoms with Gasteiger partial charge < -0.3 is 9.84 Å². The second-order valence-electron chi connectivity index (χ2n) is 3.41. The van der Waals surface area contributed by atoms with Gasteiger partial charge in [0.05, 0.1) is 0 Å². The third-order valence-corrected chi connectivity index (χ3v) is 2.46. The van der Waals surface area contributed by atoms with Gasteiger partial charge in [-0.05, 0) is 12.5 Å². The highest BCUT2D eigenvalue weighted by molar-refractivity contribution is 5.57. The van der Waals surface area contributed by atoms with Crippen LogP contribution in [0.15, 0.2) is 30.3 Å². The van der Waals surface area contributed by atoms with Crippen LogP contribution in [0.1, 0.15) is 24.5 Å². The van der Waals surface area contributed by atoms with Crippen LogP contribution in [0.2, 0.25) is 0 Å². The van der Waals surface area contributed by atoms with E-state index in [4.69, 9.17) is 4.74 Å². The lowest BCUT2D eigenvalue weighted by Gasteiger charge is -2.31. The van der Waals surface area contributed by atoms with Crippen molar-refractivity contribution < 1.29 is 9.84 Å². The average Bonchev–Trinajstić information content (AvgIpc) is 2.19. The third kappa shape index (κ3) is 1.47. The van der Waals surface area contributed by atoms with Crippen LogP contribution in [0.4, 0.5) is 0 Å². The van der Waals surface area contributed by atoms with E-state index in [2.05, 4.69) is 0 Å². The minimum absolute atomic E-state index is 0.513. The van der Waals surface area contributed by atoms with Crippen LogP contribution < -0.4 is 0 Å². The number of rotatable bonds is 2. The Balaban J connectivity index is 2.44. The van der Waals surface area contributed by atoms with Crippen molar-refractivity contribution in [2.45, 2.75) is 19.1 Å². The van der Waals surface area contributed by atoms with E-state index >= 15 is 0 Å². The van der Waals surface area contributed by atoms with Gasteiger partial charge in [0.1, 0.15) is 0 Å². The van der Waals surface area contributed by atoms with E-state index in [1.165, 1.54) is 0 Å². The molecule has 74 valence electrons. The molecule has 2 heteroatoms. The maximum atomic E-state index is 10.2. The van der Waals surface area contributed by atoms with Crippen molar-refractivity contribution in [3.8, 4) is 0 Å². The highest BCUT2D eigenvalue weighted by atomic mass is 16.6. The standard InChI is InChI=1S/C12H14O2/c1-2-14-12(13)9-5-7-10-6-3-4-8-11(10)12/h3-8,13H,2,9H2,1H3/t12-/m0/s1. The summed E-state index contributed by atoms with van der Waals surface area (Å²) in [4.78, 5) is 0. The van der Waals surface area contributed by atoms with Gasteiger partial charge in [0.15, 0.2) is 5.79 Å². The molecule has 2 nitrogen and oxygen atoms in total. The molecule has 0 fully saturated rings. The summed E-state index contributed by atoms with van der Waals surface area (Å²) in [5.41, 5.74) is 1.90. The summed E-state index contributed by atoms with van der Waals surface area (Å²) in [5.74, 6) is -1.12. The first kappa shape index (κ1) is 9.44. The molecule has 1 aliphatic carbocycles. The van der Waals surface area contributed by atoms with Crippen molar-refractivity contribution in [3.05, 3.63) is 41.5 Å². The SMILES string of the molecule is CCO[C@@]1(O)CC=Cc2ccccc21. The molecule has 0 amide bonds. The molecular formula is C12H14O2. The Morgan fingerprint density at radius 2 is 2.21 bits per heavy atom. The van der Waals surface area contributed by atoms with Gasteiger partial charge >= 0.3 is 0 Å². The quantitative estimate of drug-likeness (QED) is 0.725. The van der Waals surface area contributed by atoms with E-state index in [1.54, 1.807) is 0 Å². The van der Waals surface area contributed by atoms with Crippen LogP contribution >= 0.6 is 0 Å². The molecular weight excluding hydrogens is 176 g/mol. The number of fused-ring (bicyclic) bond motifs is 1. The Morgan fingerprint density at radius 3 is 3.00 bits per heavy atom. The van der Waals surface area contributed by atoms with Crippen LogP contribution in [0, 0.1) is 0 Å². The zero-order valence-electron chi connectivity index (χ0n) is 8.23. The maximum absolute atomic E-state index is 10.2. The number of hydrogen-bond acceptors (Lipinski definition) is 2. The molecule has 14 heavy (non-hydrogen) atoms. The van der Waals surface area contributed by atoms with Crippen LogP contribution in [0.25, 0.3) is 6.08 Å². The summed E-state index contributed by atoms with van der Waals surface area (Å²) in [6.07, 6.45) is 4.48. The molecule has 0 saturated carbocycles. The van der Waals surface area contributed by atoms with E-state index in [-0.39, 0.29) is 0 Å². The molecule has 2 rings (SSSR count). The van der Waals surface area contributed by atoms with E-state index in [0.717, 1.165) is 11.1 Å². The molecule has 1 aliphatic rings. The van der Waals surface area contributed by atoms with Gasteiger partial charge in [-0.1, -0.05) is 36.4 Å². The lowest BCUT2D eigenvalue weighted by Crippen LogP contribution is -2.31. The minimum Gasteiger partial charge on any atom is -0.362 e. The minimum atomic E-state index is -1.12. The average molecular weight is 190 g/mol. The van der Waals surface area contributed by atoms with Crippen LogP contribution in [-0.4, -0.2) is 11.7 Å². The first-order valence-corrected chi connectivity index (χ1v) is 4.88. The number of ether oxygens (including phenoxy) is 1. The molecule has 0 spiro atoms. The molecule has 0 bridgehead atoms. The molecule has 1 aromatic carbocycles. The van der Waals surface area contributed by atoms with Crippen molar-refractivity contribution in [3.63, 3.8) is 0 Å². The third-order valence-electron chi connectivity index (χ3n) is 2.46. The first-order valence-electron chi connectivity index (χ1n) is 4.88. The topological polar surface area (TPSA) is 29.5 Å². The monoisotopic (exact) mass is 190 g/mol. The highest BCUT2D eigenvalue weighted by Gasteiger charge is 2.32. The van der Waals surface area contributed by atoms with Gasteiger partial charge in [0.25, 0.3) is 0 Å². The largest absolute Gasteiger partial charge is 0.362 e. The Labute approximate surface area is 83.8 Å². The normalized spacial score (nSPS) is 24.7. The van der Waals surface area contributed by atoms with E-state index in [0.29, 0.717) is 13.0 Å². The Hall–Kier alpha value is -1.12. The van der Waals surface area contributed by atoms with Gasteiger partial charge in [0, 0.05) is 18.6 Å². The molecule has 0 saturated heterocycles. The zero-order chi connectivity index (χ0) is 10.0. The van der Waals surface area contributed by atoms with Gasteiger partial charge in [0.2, 0.25) is 0 Å². The predicted molar refractivity (Wildman–Crippen MR) is 55.6 cm³/mol. The van der Waals surface area contributed by atoms with Gasteiger partial charge in [-0.3, -0.25) is 0 Å². The van der Waals surface area contributed by atoms with Crippen molar-refractivity contribution in [1.82, 2.24) is 0 Å². The number of aliphatic hydroxyl groups is 1. The molecule has 1 aromatic rings. The Morgan fingerprint density at radius 1 is 1.43 bits per heavy atom. The fraction of sp³-hybridized carbons (Fsp3) is 0.333. The highest BCUT2D eigenvalue weighted by Crippen LogP contribution is 2.34. The fourth-order valence-corrected chi connectivity index (χ4v) is 1.83. The van der Waals surface area contributed by atoms with E-state index < -0.39 is 5.79 Å². The lowest BCUT2D eigenvalue weighted by molar-refractivity contribution is -0.207. The first-order chi connectivity index (χ1) is 6.76. The molecule has 0 unspecified atom stereocenters. The Kier molecular flexibility index (Phi) is 2.40. The van der Waals surface area contributed by atoms with Crippen LogP contribution in [-0.2, 0) is 10.5 Å². The molecule has 1 atom stereocenters. The predicted octanol–water partition coefficient (Wildman–Crippen LogP) is 2.29. The van der Waals surface area contributed by atoms with Gasteiger partial charge in [-0.15, -0.1) is 0 Å². The molecule has 0 heterocycles. The Bertz CT molecular complexity index is 357. The second-order valence-corrected chi connectivity index (χ2v) is 3.41. The maximum Gasteiger partial charge on any atom is 0.196 e. The summed E-state index contributed by atoms with van der Waals surface area (Å²) in [6.45, 7) is 2.40. The summed E-state index contributed by atoms with van der Waals surface area (Å²) in [7, 11) is 0. The summed E-state index contributed by atoms with van der Waals surface area (Å²) < 4.78 is 5.40. The molecule has 0 aromatic heterocycles. The smallest absolute Gasteiger partial charge is 0.196 e. The summed E-state index contributed by atoms with van der Waals surface area (Å²) in [5, 5.41) is 10.2. The molecule has 1 N–H and O–H groups in total. The number of benzene rings is 1. The zero-order valence-corrected chi connectivity index (χ0v) is 8.23. The van der Waals surface area contributed by atoms with Crippen molar-refractivity contribution in [2.75, 3.05) is 6.61 Å². The van der Waals surface area contributed by atoms with Crippen LogP contribution in [0.3, 0.4) is 0 Å². The van der Waals surface area contributed by atoms with Crippen molar-refractivity contribution in [1.29, 1.82) is 0 Å². The van der Waals surface area contributed by atoms with Gasteiger partial charge in [-0.25, -0.2) is 0 Å². The van der Waals surface area contributed by atoms with E-state index in [9.17, 15) is 5.11 Å². The molecule has 0 radical (unpaired) electrons. The van der Waals surface area contributed by atoms with Crippen molar-refractivity contribution >= 4 is 6.08 Å². The van der Waals surface area contributed by atoms with Gasteiger partial charge in [-0.2, -0.15) is 0 Å². The fourth-order valence-electron chi connectivity index (χ4n) is 1.83. The summed E-state index contributed by atoms with van der Waals surface area (Å²) in [6, 6.07) is 7.77. The number of hydrogen-bond donors (Lipinski definition) is 1.